The average Bonchev–Trinajstić information content (AvgIpc) is 2.42. The molecule has 0 fully saturated rings. The number of carbonyl (C=O) groups excluding carboxylic acids is 1. The predicted octanol–water partition coefficient (Wildman–Crippen LogP) is 3.54. The van der Waals surface area contributed by atoms with Crippen LogP contribution in [0.15, 0.2) is 52.5 Å². The first-order chi connectivity index (χ1) is 9.60. The van der Waals surface area contributed by atoms with Crippen molar-refractivity contribution < 1.29 is 4.79 Å². The zero-order valence-corrected chi connectivity index (χ0v) is 13.4. The molecular weight excluding hydrogens is 290 g/mol. The SMILES string of the molecule is CN(C)C=C1C[SH](Cc2ccccc2)C(Cl)=CC1C=O. The fourth-order valence-electron chi connectivity index (χ4n) is 2.28. The molecule has 0 saturated carbocycles. The molecule has 2 atom stereocenters. The highest BCUT2D eigenvalue weighted by molar-refractivity contribution is 8.21. The third kappa shape index (κ3) is 3.90. The fraction of sp³-hybridized carbons (Fsp3) is 0.312. The van der Waals surface area contributed by atoms with E-state index >= 15 is 0 Å². The van der Waals surface area contributed by atoms with Gasteiger partial charge in [0.05, 0.1) is 10.3 Å². The molecule has 1 aromatic carbocycles. The second-order valence-corrected chi connectivity index (χ2v) is 8.03. The van der Waals surface area contributed by atoms with Crippen LogP contribution >= 0.6 is 22.5 Å². The highest BCUT2D eigenvalue weighted by atomic mass is 35.5. The van der Waals surface area contributed by atoms with Crippen LogP contribution in [0, 0.1) is 5.92 Å². The summed E-state index contributed by atoms with van der Waals surface area (Å²) in [7, 11) is 3.52. The van der Waals surface area contributed by atoms with Crippen LogP contribution in [0.5, 0.6) is 0 Å². The Labute approximate surface area is 128 Å². The number of rotatable bonds is 4. The Kier molecular flexibility index (Phi) is 5.32. The van der Waals surface area contributed by atoms with E-state index in [1.165, 1.54) is 5.56 Å². The molecule has 0 amide bonds. The highest BCUT2D eigenvalue weighted by Crippen LogP contribution is 2.48. The van der Waals surface area contributed by atoms with Gasteiger partial charge >= 0.3 is 0 Å². The van der Waals surface area contributed by atoms with Gasteiger partial charge < -0.3 is 9.69 Å². The Morgan fingerprint density at radius 1 is 1.35 bits per heavy atom. The van der Waals surface area contributed by atoms with Crippen LogP contribution in [0.3, 0.4) is 0 Å². The van der Waals surface area contributed by atoms with E-state index in [0.717, 1.165) is 27.7 Å². The lowest BCUT2D eigenvalue weighted by molar-refractivity contribution is -0.109. The molecule has 1 heterocycles. The molecule has 0 radical (unpaired) electrons. The van der Waals surface area contributed by atoms with Crippen LogP contribution in [0.1, 0.15) is 5.56 Å². The zero-order chi connectivity index (χ0) is 14.5. The summed E-state index contributed by atoms with van der Waals surface area (Å²) < 4.78 is 0.872. The number of thiol groups is 1. The Bertz CT molecular complexity index is 525. The van der Waals surface area contributed by atoms with Crippen molar-refractivity contribution >= 4 is 28.8 Å². The third-order valence-corrected chi connectivity index (χ3v) is 6.30. The minimum atomic E-state index is -0.439. The van der Waals surface area contributed by atoms with E-state index in [4.69, 9.17) is 11.6 Å². The van der Waals surface area contributed by atoms with Crippen molar-refractivity contribution in [2.24, 2.45) is 5.92 Å². The molecule has 2 unspecified atom stereocenters. The van der Waals surface area contributed by atoms with Crippen LogP contribution < -0.4 is 0 Å². The zero-order valence-electron chi connectivity index (χ0n) is 11.8. The topological polar surface area (TPSA) is 20.3 Å². The lowest BCUT2D eigenvalue weighted by atomic mass is 10.0. The van der Waals surface area contributed by atoms with Gasteiger partial charge in [-0.05, 0) is 23.4 Å². The Hall–Kier alpha value is -1.19. The molecule has 0 N–H and O–H groups in total. The van der Waals surface area contributed by atoms with Gasteiger partial charge in [0, 0.05) is 25.6 Å². The van der Waals surface area contributed by atoms with E-state index in [1.807, 2.05) is 31.1 Å². The lowest BCUT2D eigenvalue weighted by Crippen LogP contribution is -2.17. The normalized spacial score (nSPS) is 26.1. The van der Waals surface area contributed by atoms with Gasteiger partial charge in [-0.25, -0.2) is 10.9 Å². The first-order valence-corrected chi connectivity index (χ1v) is 8.67. The number of halogens is 1. The first kappa shape index (κ1) is 15.2. The molecule has 1 aliphatic heterocycles. The molecule has 0 aromatic heterocycles. The monoisotopic (exact) mass is 309 g/mol. The molecule has 20 heavy (non-hydrogen) atoms. The average molecular weight is 310 g/mol. The molecule has 0 saturated heterocycles. The van der Waals surface area contributed by atoms with Crippen molar-refractivity contribution in [3.05, 3.63) is 58.1 Å². The van der Waals surface area contributed by atoms with Crippen LogP contribution in [-0.2, 0) is 10.5 Å². The largest absolute Gasteiger partial charge is 0.383 e. The van der Waals surface area contributed by atoms with Crippen LogP contribution in [-0.4, -0.2) is 31.0 Å². The van der Waals surface area contributed by atoms with E-state index in [1.54, 1.807) is 0 Å². The molecular formula is C16H20ClNOS. The molecule has 0 aliphatic carbocycles. The van der Waals surface area contributed by atoms with Gasteiger partial charge in [0.1, 0.15) is 6.29 Å². The smallest absolute Gasteiger partial charge is 0.131 e. The molecule has 1 aromatic rings. The molecule has 108 valence electrons. The summed E-state index contributed by atoms with van der Waals surface area (Å²) in [6.45, 7) is 0. The van der Waals surface area contributed by atoms with E-state index < -0.39 is 10.9 Å². The Balaban J connectivity index is 2.20. The van der Waals surface area contributed by atoms with Gasteiger partial charge in [-0.2, -0.15) is 0 Å². The molecule has 0 bridgehead atoms. The quantitative estimate of drug-likeness (QED) is 0.678. The van der Waals surface area contributed by atoms with Gasteiger partial charge in [0.15, 0.2) is 0 Å². The molecule has 4 heteroatoms. The van der Waals surface area contributed by atoms with Crippen molar-refractivity contribution in [1.82, 2.24) is 4.90 Å². The second-order valence-electron chi connectivity index (χ2n) is 5.16. The molecule has 2 nitrogen and oxygen atoms in total. The van der Waals surface area contributed by atoms with Gasteiger partial charge in [0.2, 0.25) is 0 Å². The van der Waals surface area contributed by atoms with E-state index in [-0.39, 0.29) is 5.92 Å². The maximum Gasteiger partial charge on any atom is 0.131 e. The summed E-state index contributed by atoms with van der Waals surface area (Å²) in [6.07, 6.45) is 4.95. The minimum Gasteiger partial charge on any atom is -0.383 e. The Morgan fingerprint density at radius 2 is 2.05 bits per heavy atom. The molecule has 0 spiro atoms. The van der Waals surface area contributed by atoms with Crippen molar-refractivity contribution in [2.75, 3.05) is 19.8 Å². The maximum absolute atomic E-state index is 11.2. The summed E-state index contributed by atoms with van der Waals surface area (Å²) in [4.78, 5) is 13.2. The maximum atomic E-state index is 11.2. The molecule has 2 rings (SSSR count). The Morgan fingerprint density at radius 3 is 2.65 bits per heavy atom. The van der Waals surface area contributed by atoms with Gasteiger partial charge in [-0.15, -0.1) is 0 Å². The van der Waals surface area contributed by atoms with Gasteiger partial charge in [-0.3, -0.25) is 0 Å². The van der Waals surface area contributed by atoms with E-state index in [0.29, 0.717) is 0 Å². The number of hydrogen-bond donors (Lipinski definition) is 1. The second kappa shape index (κ2) is 7.00. The molecule has 1 aliphatic rings. The van der Waals surface area contributed by atoms with Crippen molar-refractivity contribution in [3.8, 4) is 0 Å². The third-order valence-electron chi connectivity index (χ3n) is 3.21. The summed E-state index contributed by atoms with van der Waals surface area (Å²) in [5.74, 6) is 1.71. The van der Waals surface area contributed by atoms with Crippen molar-refractivity contribution in [3.63, 3.8) is 0 Å². The van der Waals surface area contributed by atoms with Crippen molar-refractivity contribution in [2.45, 2.75) is 5.75 Å². The number of aldehydes is 1. The number of nitrogens with zero attached hydrogens (tertiary/aromatic N) is 1. The van der Waals surface area contributed by atoms with Crippen LogP contribution in [0.2, 0.25) is 0 Å². The minimum absolute atomic E-state index is 0.167. The number of allylic oxidation sites excluding steroid dienone is 1. The van der Waals surface area contributed by atoms with E-state index in [9.17, 15) is 4.79 Å². The summed E-state index contributed by atoms with van der Waals surface area (Å²) >= 11 is 6.40. The highest BCUT2D eigenvalue weighted by Gasteiger charge is 2.23. The predicted molar refractivity (Wildman–Crippen MR) is 89.3 cm³/mol. The fourth-order valence-corrected chi connectivity index (χ4v) is 4.95. The summed E-state index contributed by atoms with van der Waals surface area (Å²) in [5.41, 5.74) is 2.47. The van der Waals surface area contributed by atoms with Crippen LogP contribution in [0.25, 0.3) is 0 Å². The summed E-state index contributed by atoms with van der Waals surface area (Å²) in [6, 6.07) is 10.4. The van der Waals surface area contributed by atoms with Crippen molar-refractivity contribution in [1.29, 1.82) is 0 Å². The number of benzene rings is 1. The van der Waals surface area contributed by atoms with E-state index in [2.05, 4.69) is 30.5 Å². The van der Waals surface area contributed by atoms with Gasteiger partial charge in [-0.1, -0.05) is 41.9 Å². The first-order valence-electron chi connectivity index (χ1n) is 6.58. The summed E-state index contributed by atoms with van der Waals surface area (Å²) in [5, 5.41) is 0. The van der Waals surface area contributed by atoms with Gasteiger partial charge in [0.25, 0.3) is 0 Å². The standard InChI is InChI=1S/C16H20ClNOS/c1-18(2)9-15-12-20(16(17)8-14(15)10-19)11-13-6-4-3-5-7-13/h3-10,14,20H,11-12H2,1-2H3. The number of carbonyl (C=O) groups is 1. The van der Waals surface area contributed by atoms with Crippen LogP contribution in [0.4, 0.5) is 0 Å². The lowest BCUT2D eigenvalue weighted by Gasteiger charge is -2.30. The number of hydrogen-bond acceptors (Lipinski definition) is 2.